The zero-order valence-corrected chi connectivity index (χ0v) is 15.2. The summed E-state index contributed by atoms with van der Waals surface area (Å²) >= 11 is 0. The molecule has 1 amide bonds. The number of Topliss-reactive ketones (excluding diaryl/α,β-unsaturated/α-hetero) is 1. The maximum atomic E-state index is 13.2. The number of hydrogen-bond acceptors (Lipinski definition) is 4. The second-order valence-electron chi connectivity index (χ2n) is 6.69. The van der Waals surface area contributed by atoms with Gasteiger partial charge >= 0.3 is 5.97 Å². The Morgan fingerprint density at radius 3 is 2.54 bits per heavy atom. The van der Waals surface area contributed by atoms with E-state index in [0.29, 0.717) is 0 Å². The third-order valence-electron chi connectivity index (χ3n) is 4.83. The molecule has 2 aromatic carbocycles. The number of halogens is 2. The molecule has 7 heteroatoms. The average molecular weight is 387 g/mol. The molecule has 28 heavy (non-hydrogen) atoms. The van der Waals surface area contributed by atoms with Crippen LogP contribution in [0.2, 0.25) is 0 Å². The highest BCUT2D eigenvalue weighted by atomic mass is 19.2. The molecule has 0 radical (unpaired) electrons. The molecule has 0 aromatic heterocycles. The van der Waals surface area contributed by atoms with Crippen molar-refractivity contribution in [3.63, 3.8) is 0 Å². The van der Waals surface area contributed by atoms with E-state index in [9.17, 15) is 23.2 Å². The summed E-state index contributed by atoms with van der Waals surface area (Å²) in [5, 5.41) is 0. The molecule has 0 unspecified atom stereocenters. The predicted molar refractivity (Wildman–Crippen MR) is 96.3 cm³/mol. The van der Waals surface area contributed by atoms with Crippen LogP contribution in [0, 0.1) is 17.6 Å². The molecule has 146 valence electrons. The molecule has 0 spiro atoms. The molecule has 1 heterocycles. The quantitative estimate of drug-likeness (QED) is 0.564. The standard InChI is InChI=1S/C21H19F2NO4/c1-13(14-5-3-2-4-6-14)24-11-16(10-20(24)26)21(27)28-12-19(25)15-7-8-17(22)18(23)9-15/h2-9,13,16H,10-12H2,1H3/t13-,16-/m0/s1. The number of esters is 1. The fourth-order valence-corrected chi connectivity index (χ4v) is 3.18. The molecule has 0 N–H and O–H groups in total. The molecule has 3 rings (SSSR count). The van der Waals surface area contributed by atoms with Crippen LogP contribution in [0.15, 0.2) is 48.5 Å². The van der Waals surface area contributed by atoms with E-state index < -0.39 is 35.9 Å². The fraction of sp³-hybridized carbons (Fsp3) is 0.286. The number of hydrogen-bond donors (Lipinski definition) is 0. The Labute approximate surface area is 160 Å². The number of ketones is 1. The molecule has 1 aliphatic heterocycles. The van der Waals surface area contributed by atoms with Gasteiger partial charge in [0.2, 0.25) is 5.91 Å². The van der Waals surface area contributed by atoms with Gasteiger partial charge in [-0.1, -0.05) is 30.3 Å². The average Bonchev–Trinajstić information content (AvgIpc) is 3.09. The lowest BCUT2D eigenvalue weighted by Gasteiger charge is -2.25. The first-order valence-corrected chi connectivity index (χ1v) is 8.86. The summed E-state index contributed by atoms with van der Waals surface area (Å²) in [6.07, 6.45) is 0.00930. The van der Waals surface area contributed by atoms with Crippen molar-refractivity contribution in [3.8, 4) is 0 Å². The van der Waals surface area contributed by atoms with E-state index in [2.05, 4.69) is 0 Å². The van der Waals surface area contributed by atoms with Gasteiger partial charge in [0.1, 0.15) is 0 Å². The lowest BCUT2D eigenvalue weighted by atomic mass is 10.1. The molecule has 0 saturated carbocycles. The van der Waals surface area contributed by atoms with Crippen molar-refractivity contribution < 1.29 is 27.9 Å². The van der Waals surface area contributed by atoms with E-state index in [4.69, 9.17) is 4.74 Å². The number of nitrogens with zero attached hydrogens (tertiary/aromatic N) is 1. The Morgan fingerprint density at radius 2 is 1.86 bits per heavy atom. The first kappa shape index (κ1) is 19.7. The zero-order chi connectivity index (χ0) is 20.3. The van der Waals surface area contributed by atoms with Gasteiger partial charge in [-0.2, -0.15) is 0 Å². The first-order valence-electron chi connectivity index (χ1n) is 8.86. The van der Waals surface area contributed by atoms with Crippen molar-refractivity contribution in [1.29, 1.82) is 0 Å². The van der Waals surface area contributed by atoms with Gasteiger partial charge in [-0.25, -0.2) is 8.78 Å². The van der Waals surface area contributed by atoms with Gasteiger partial charge in [-0.05, 0) is 30.7 Å². The van der Waals surface area contributed by atoms with E-state index in [0.717, 1.165) is 23.8 Å². The van der Waals surface area contributed by atoms with Crippen LogP contribution < -0.4 is 0 Å². The van der Waals surface area contributed by atoms with Crippen molar-refractivity contribution in [1.82, 2.24) is 4.90 Å². The number of carbonyl (C=O) groups excluding carboxylic acids is 3. The zero-order valence-electron chi connectivity index (χ0n) is 15.2. The second kappa shape index (κ2) is 8.29. The summed E-state index contributed by atoms with van der Waals surface area (Å²) in [6, 6.07) is 12.0. The minimum absolute atomic E-state index is 0.00930. The van der Waals surface area contributed by atoms with Crippen molar-refractivity contribution >= 4 is 17.7 Å². The summed E-state index contributed by atoms with van der Waals surface area (Å²) in [7, 11) is 0. The minimum atomic E-state index is -1.15. The number of rotatable bonds is 6. The molecular formula is C21H19F2NO4. The van der Waals surface area contributed by atoms with Gasteiger partial charge in [-0.3, -0.25) is 14.4 Å². The van der Waals surface area contributed by atoms with Crippen LogP contribution in [0.25, 0.3) is 0 Å². The van der Waals surface area contributed by atoms with Crippen LogP contribution in [0.3, 0.4) is 0 Å². The molecule has 0 bridgehead atoms. The van der Waals surface area contributed by atoms with Crippen molar-refractivity contribution in [2.45, 2.75) is 19.4 Å². The molecule has 1 fully saturated rings. The summed E-state index contributed by atoms with van der Waals surface area (Å²) < 4.78 is 31.2. The minimum Gasteiger partial charge on any atom is -0.457 e. The number of benzene rings is 2. The van der Waals surface area contributed by atoms with Gasteiger partial charge in [0.25, 0.3) is 0 Å². The Bertz CT molecular complexity index is 901. The largest absolute Gasteiger partial charge is 0.457 e. The topological polar surface area (TPSA) is 63.7 Å². The SMILES string of the molecule is C[C@@H](c1ccccc1)N1C[C@@H](C(=O)OCC(=O)c2ccc(F)c(F)c2)CC1=O. The summed E-state index contributed by atoms with van der Waals surface area (Å²) in [4.78, 5) is 38.2. The lowest BCUT2D eigenvalue weighted by Crippen LogP contribution is -2.30. The highest BCUT2D eigenvalue weighted by Crippen LogP contribution is 2.29. The van der Waals surface area contributed by atoms with E-state index in [-0.39, 0.29) is 30.5 Å². The third kappa shape index (κ3) is 4.24. The van der Waals surface area contributed by atoms with E-state index in [1.54, 1.807) is 4.90 Å². The molecule has 1 aliphatic rings. The van der Waals surface area contributed by atoms with Crippen LogP contribution >= 0.6 is 0 Å². The van der Waals surface area contributed by atoms with Gasteiger partial charge in [0.15, 0.2) is 24.0 Å². The molecule has 1 saturated heterocycles. The van der Waals surface area contributed by atoms with Crippen LogP contribution in [0.5, 0.6) is 0 Å². The van der Waals surface area contributed by atoms with E-state index in [1.165, 1.54) is 0 Å². The van der Waals surface area contributed by atoms with Crippen LogP contribution in [0.1, 0.15) is 35.3 Å². The summed E-state index contributed by atoms with van der Waals surface area (Å²) in [5.74, 6) is -4.35. The highest BCUT2D eigenvalue weighted by Gasteiger charge is 2.38. The Balaban J connectivity index is 1.57. The molecular weight excluding hydrogens is 368 g/mol. The van der Waals surface area contributed by atoms with Crippen molar-refractivity contribution in [3.05, 3.63) is 71.3 Å². The van der Waals surface area contributed by atoms with Gasteiger partial charge in [0.05, 0.1) is 12.0 Å². The number of ether oxygens (including phenoxy) is 1. The Morgan fingerprint density at radius 1 is 1.14 bits per heavy atom. The number of amides is 1. The third-order valence-corrected chi connectivity index (χ3v) is 4.83. The molecule has 0 aliphatic carbocycles. The van der Waals surface area contributed by atoms with Crippen LogP contribution in [0.4, 0.5) is 8.78 Å². The summed E-state index contributed by atoms with van der Waals surface area (Å²) in [6.45, 7) is 1.49. The Hall–Kier alpha value is -3.09. The number of likely N-dealkylation sites (tertiary alicyclic amines) is 1. The first-order chi connectivity index (χ1) is 13.4. The van der Waals surface area contributed by atoms with Gasteiger partial charge < -0.3 is 9.64 Å². The van der Waals surface area contributed by atoms with E-state index >= 15 is 0 Å². The normalized spacial score (nSPS) is 17.5. The fourth-order valence-electron chi connectivity index (χ4n) is 3.18. The van der Waals surface area contributed by atoms with Crippen LogP contribution in [-0.4, -0.2) is 35.7 Å². The van der Waals surface area contributed by atoms with E-state index in [1.807, 2.05) is 37.3 Å². The number of carbonyl (C=O) groups is 3. The molecule has 2 atom stereocenters. The lowest BCUT2D eigenvalue weighted by molar-refractivity contribution is -0.147. The van der Waals surface area contributed by atoms with Crippen molar-refractivity contribution in [2.75, 3.05) is 13.2 Å². The smallest absolute Gasteiger partial charge is 0.311 e. The maximum Gasteiger partial charge on any atom is 0.311 e. The Kier molecular flexibility index (Phi) is 5.82. The molecule has 5 nitrogen and oxygen atoms in total. The van der Waals surface area contributed by atoms with Gasteiger partial charge in [-0.15, -0.1) is 0 Å². The maximum absolute atomic E-state index is 13.2. The highest BCUT2D eigenvalue weighted by molar-refractivity contribution is 5.98. The van der Waals surface area contributed by atoms with Crippen molar-refractivity contribution in [2.24, 2.45) is 5.92 Å². The summed E-state index contributed by atoms with van der Waals surface area (Å²) in [5.41, 5.74) is 0.868. The second-order valence-corrected chi connectivity index (χ2v) is 6.69. The monoisotopic (exact) mass is 387 g/mol. The predicted octanol–water partition coefficient (Wildman–Crippen LogP) is 3.30. The van der Waals surface area contributed by atoms with Crippen LogP contribution in [-0.2, 0) is 14.3 Å². The van der Waals surface area contributed by atoms with Gasteiger partial charge in [0, 0.05) is 18.5 Å². The molecule has 2 aromatic rings.